The highest BCUT2D eigenvalue weighted by Crippen LogP contribution is 2.17. The molecule has 1 fully saturated rings. The number of methoxy groups -OCH3 is 1. The maximum absolute atomic E-state index is 11.6. The Balaban J connectivity index is 1.75. The van der Waals surface area contributed by atoms with Gasteiger partial charge in [0.25, 0.3) is 0 Å². The summed E-state index contributed by atoms with van der Waals surface area (Å²) >= 11 is 5.37. The molecule has 0 aromatic heterocycles. The highest BCUT2D eigenvalue weighted by Gasteiger charge is 2.10. The Hall–Kier alpha value is -1.66. The first-order chi connectivity index (χ1) is 12.1. The van der Waals surface area contributed by atoms with Crippen LogP contribution < -0.4 is 10.6 Å². The van der Waals surface area contributed by atoms with E-state index in [-0.39, 0.29) is 5.97 Å². The molecular weight excluding hydrogens is 334 g/mol. The van der Waals surface area contributed by atoms with Crippen molar-refractivity contribution < 1.29 is 9.53 Å². The van der Waals surface area contributed by atoms with Gasteiger partial charge in [0.05, 0.1) is 12.7 Å². The summed E-state index contributed by atoms with van der Waals surface area (Å²) in [5.41, 5.74) is 2.37. The smallest absolute Gasteiger partial charge is 0.337 e. The fraction of sp³-hybridized carbons (Fsp3) is 0.579. The second-order valence-electron chi connectivity index (χ2n) is 6.51. The van der Waals surface area contributed by atoms with E-state index in [0.717, 1.165) is 30.8 Å². The average molecular weight is 364 g/mol. The molecule has 0 saturated carbocycles. The van der Waals surface area contributed by atoms with E-state index in [9.17, 15) is 4.79 Å². The Morgan fingerprint density at radius 2 is 1.96 bits per heavy atom. The predicted molar refractivity (Wildman–Crippen MR) is 106 cm³/mol. The van der Waals surface area contributed by atoms with Gasteiger partial charge in [0.2, 0.25) is 0 Å². The minimum absolute atomic E-state index is 0.348. The lowest BCUT2D eigenvalue weighted by Gasteiger charge is -2.20. The summed E-state index contributed by atoms with van der Waals surface area (Å²) in [4.78, 5) is 14.2. The second-order valence-corrected chi connectivity index (χ2v) is 6.92. The van der Waals surface area contributed by atoms with Gasteiger partial charge in [0.15, 0.2) is 5.11 Å². The van der Waals surface area contributed by atoms with Crippen LogP contribution in [0, 0.1) is 6.92 Å². The molecule has 0 bridgehead atoms. The minimum Gasteiger partial charge on any atom is -0.465 e. The quantitative estimate of drug-likeness (QED) is 0.459. The number of rotatable bonds is 6. The summed E-state index contributed by atoms with van der Waals surface area (Å²) in [6, 6.07) is 5.41. The Bertz CT molecular complexity index is 584. The van der Waals surface area contributed by atoms with Crippen molar-refractivity contribution in [2.45, 2.75) is 39.0 Å². The first kappa shape index (κ1) is 19.7. The van der Waals surface area contributed by atoms with Gasteiger partial charge in [-0.3, -0.25) is 0 Å². The van der Waals surface area contributed by atoms with Gasteiger partial charge in [-0.2, -0.15) is 0 Å². The summed E-state index contributed by atoms with van der Waals surface area (Å²) in [5, 5.41) is 7.01. The van der Waals surface area contributed by atoms with E-state index in [2.05, 4.69) is 15.5 Å². The van der Waals surface area contributed by atoms with Crippen LogP contribution in [0.1, 0.15) is 48.0 Å². The highest BCUT2D eigenvalue weighted by atomic mass is 32.1. The Labute approximate surface area is 156 Å². The van der Waals surface area contributed by atoms with Crippen LogP contribution in [0.15, 0.2) is 18.2 Å². The molecule has 2 N–H and O–H groups in total. The number of esters is 1. The number of anilines is 1. The Morgan fingerprint density at radius 3 is 2.64 bits per heavy atom. The van der Waals surface area contributed by atoms with Crippen molar-refractivity contribution >= 4 is 29.0 Å². The van der Waals surface area contributed by atoms with Crippen LogP contribution in [0.3, 0.4) is 0 Å². The zero-order valence-electron chi connectivity index (χ0n) is 15.3. The van der Waals surface area contributed by atoms with E-state index in [1.807, 2.05) is 13.0 Å². The highest BCUT2D eigenvalue weighted by molar-refractivity contribution is 7.80. The topological polar surface area (TPSA) is 53.6 Å². The summed E-state index contributed by atoms with van der Waals surface area (Å²) in [7, 11) is 1.38. The van der Waals surface area contributed by atoms with Gasteiger partial charge in [0.1, 0.15) is 0 Å². The number of thiocarbonyl (C=S) groups is 1. The number of hydrogen-bond acceptors (Lipinski definition) is 4. The number of nitrogens with one attached hydrogen (secondary N) is 2. The van der Waals surface area contributed by atoms with E-state index in [0.29, 0.717) is 10.7 Å². The number of likely N-dealkylation sites (tertiary alicyclic amines) is 1. The third-order valence-electron chi connectivity index (χ3n) is 4.54. The number of hydrogen-bond donors (Lipinski definition) is 2. The number of benzene rings is 1. The zero-order valence-corrected chi connectivity index (χ0v) is 16.1. The Morgan fingerprint density at radius 1 is 1.24 bits per heavy atom. The molecule has 25 heavy (non-hydrogen) atoms. The second kappa shape index (κ2) is 10.4. The predicted octanol–water partition coefficient (Wildman–Crippen LogP) is 3.33. The number of ether oxygens (including phenoxy) is 1. The van der Waals surface area contributed by atoms with Crippen molar-refractivity contribution in [2.75, 3.05) is 38.6 Å². The minimum atomic E-state index is -0.348. The van der Waals surface area contributed by atoms with Gasteiger partial charge in [0, 0.05) is 12.2 Å². The van der Waals surface area contributed by atoms with Crippen LogP contribution >= 0.6 is 12.2 Å². The largest absolute Gasteiger partial charge is 0.465 e. The standard InChI is InChI=1S/C19H29N3O2S/c1-15-8-9-16(18(23)24-2)14-17(15)21-19(25)20-10-7-13-22-11-5-3-4-6-12-22/h8-9,14H,3-7,10-13H2,1-2H3,(H2,20,21,25). The van der Waals surface area contributed by atoms with E-state index in [1.165, 1.54) is 45.9 Å². The molecule has 1 saturated heterocycles. The van der Waals surface area contributed by atoms with Crippen LogP contribution in [0.25, 0.3) is 0 Å². The molecule has 6 heteroatoms. The molecule has 1 aromatic carbocycles. The van der Waals surface area contributed by atoms with Crippen molar-refractivity contribution in [3.8, 4) is 0 Å². The molecule has 1 heterocycles. The van der Waals surface area contributed by atoms with Crippen LogP contribution in [0.5, 0.6) is 0 Å². The molecular formula is C19H29N3O2S. The van der Waals surface area contributed by atoms with Crippen molar-refractivity contribution in [1.82, 2.24) is 10.2 Å². The molecule has 1 aliphatic rings. The lowest BCUT2D eigenvalue weighted by molar-refractivity contribution is 0.0601. The van der Waals surface area contributed by atoms with Crippen LogP contribution in [-0.2, 0) is 4.74 Å². The molecule has 0 spiro atoms. The number of aryl methyl sites for hydroxylation is 1. The van der Waals surface area contributed by atoms with Gasteiger partial charge >= 0.3 is 5.97 Å². The number of nitrogens with zero attached hydrogens (tertiary/aromatic N) is 1. The number of carbonyl (C=O) groups is 1. The molecule has 0 radical (unpaired) electrons. The molecule has 0 aliphatic carbocycles. The van der Waals surface area contributed by atoms with Gasteiger partial charge < -0.3 is 20.3 Å². The van der Waals surface area contributed by atoms with E-state index < -0.39 is 0 Å². The van der Waals surface area contributed by atoms with Crippen molar-refractivity contribution in [1.29, 1.82) is 0 Å². The lowest BCUT2D eigenvalue weighted by atomic mass is 10.1. The van der Waals surface area contributed by atoms with Crippen molar-refractivity contribution in [3.05, 3.63) is 29.3 Å². The zero-order chi connectivity index (χ0) is 18.1. The maximum atomic E-state index is 11.6. The molecule has 2 rings (SSSR count). The normalized spacial score (nSPS) is 15.3. The van der Waals surface area contributed by atoms with Crippen molar-refractivity contribution in [3.63, 3.8) is 0 Å². The van der Waals surface area contributed by atoms with Gasteiger partial charge in [-0.15, -0.1) is 0 Å². The van der Waals surface area contributed by atoms with Crippen LogP contribution in [-0.4, -0.2) is 49.3 Å². The van der Waals surface area contributed by atoms with Crippen LogP contribution in [0.4, 0.5) is 5.69 Å². The summed E-state index contributed by atoms with van der Waals surface area (Å²) in [6.45, 7) is 6.39. The molecule has 0 unspecified atom stereocenters. The third-order valence-corrected chi connectivity index (χ3v) is 4.79. The average Bonchev–Trinajstić information content (AvgIpc) is 2.88. The van der Waals surface area contributed by atoms with E-state index in [1.54, 1.807) is 12.1 Å². The fourth-order valence-electron chi connectivity index (χ4n) is 3.03. The molecule has 0 atom stereocenters. The van der Waals surface area contributed by atoms with Gasteiger partial charge in [-0.05, 0) is 75.7 Å². The summed E-state index contributed by atoms with van der Waals surface area (Å²) in [5.74, 6) is -0.348. The molecule has 1 aromatic rings. The maximum Gasteiger partial charge on any atom is 0.337 e. The van der Waals surface area contributed by atoms with Crippen LogP contribution in [0.2, 0.25) is 0 Å². The molecule has 5 nitrogen and oxygen atoms in total. The van der Waals surface area contributed by atoms with Gasteiger partial charge in [-0.25, -0.2) is 4.79 Å². The lowest BCUT2D eigenvalue weighted by Crippen LogP contribution is -2.33. The molecule has 138 valence electrons. The summed E-state index contributed by atoms with van der Waals surface area (Å²) in [6.07, 6.45) is 6.45. The monoisotopic (exact) mass is 363 g/mol. The SMILES string of the molecule is COC(=O)c1ccc(C)c(NC(=S)NCCCN2CCCCCC2)c1. The fourth-order valence-corrected chi connectivity index (χ4v) is 3.24. The molecule has 1 aliphatic heterocycles. The van der Waals surface area contributed by atoms with E-state index in [4.69, 9.17) is 17.0 Å². The van der Waals surface area contributed by atoms with E-state index >= 15 is 0 Å². The molecule has 0 amide bonds. The first-order valence-corrected chi connectivity index (χ1v) is 9.47. The summed E-state index contributed by atoms with van der Waals surface area (Å²) < 4.78 is 4.76. The number of carbonyl (C=O) groups excluding carboxylic acids is 1. The third kappa shape index (κ3) is 6.63. The first-order valence-electron chi connectivity index (χ1n) is 9.06. The van der Waals surface area contributed by atoms with Gasteiger partial charge in [-0.1, -0.05) is 18.9 Å². The van der Waals surface area contributed by atoms with Crippen molar-refractivity contribution in [2.24, 2.45) is 0 Å². The Kier molecular flexibility index (Phi) is 8.15.